The van der Waals surface area contributed by atoms with Crippen LogP contribution in [0, 0.1) is 5.82 Å². The molecule has 3 rings (SSSR count). The Bertz CT molecular complexity index is 1020. The molecule has 25 heavy (non-hydrogen) atoms. The number of Topliss-reactive ketones (excluding diaryl/α,β-unsaturated/α-hetero) is 1. The van der Waals surface area contributed by atoms with Gasteiger partial charge in [-0.15, -0.1) is 0 Å². The molecule has 0 bridgehead atoms. The third-order valence-electron chi connectivity index (χ3n) is 3.68. The van der Waals surface area contributed by atoms with Crippen LogP contribution in [0.25, 0.3) is 16.8 Å². The van der Waals surface area contributed by atoms with Crippen molar-refractivity contribution in [2.75, 3.05) is 7.11 Å². The third kappa shape index (κ3) is 2.93. The maximum atomic E-state index is 15.0. The van der Waals surface area contributed by atoms with Crippen molar-refractivity contribution < 1.29 is 13.9 Å². The van der Waals surface area contributed by atoms with Gasteiger partial charge in [-0.3, -0.25) is 14.3 Å². The summed E-state index contributed by atoms with van der Waals surface area (Å²) in [6.07, 6.45) is 4.48. The van der Waals surface area contributed by atoms with E-state index in [0.717, 1.165) is 4.68 Å². The van der Waals surface area contributed by atoms with Crippen molar-refractivity contribution in [2.24, 2.45) is 7.05 Å². The number of hydrogen-bond acceptors (Lipinski definition) is 5. The lowest BCUT2D eigenvalue weighted by Gasteiger charge is -2.11. The van der Waals surface area contributed by atoms with Gasteiger partial charge >= 0.3 is 0 Å². The lowest BCUT2D eigenvalue weighted by Crippen LogP contribution is -2.22. The average molecular weight is 342 g/mol. The maximum Gasteiger partial charge on any atom is 0.252 e. The summed E-state index contributed by atoms with van der Waals surface area (Å²) >= 11 is 0. The van der Waals surface area contributed by atoms with Crippen molar-refractivity contribution in [3.8, 4) is 22.6 Å². The number of methoxy groups -OCH3 is 1. The fraction of sp³-hybridized carbons (Fsp3) is 0.176. The van der Waals surface area contributed by atoms with Gasteiger partial charge in [-0.2, -0.15) is 10.2 Å². The summed E-state index contributed by atoms with van der Waals surface area (Å²) in [6, 6.07) is 4.76. The quantitative estimate of drug-likeness (QED) is 0.678. The summed E-state index contributed by atoms with van der Waals surface area (Å²) in [4.78, 5) is 23.7. The van der Waals surface area contributed by atoms with Crippen LogP contribution < -0.4 is 10.2 Å². The van der Waals surface area contributed by atoms with Crippen molar-refractivity contribution in [2.45, 2.75) is 6.92 Å². The monoisotopic (exact) mass is 342 g/mol. The van der Waals surface area contributed by atoms with Gasteiger partial charge in [0.1, 0.15) is 5.69 Å². The van der Waals surface area contributed by atoms with E-state index in [4.69, 9.17) is 4.74 Å². The van der Waals surface area contributed by atoms with E-state index >= 15 is 4.39 Å². The number of carbonyl (C=O) groups is 1. The molecule has 3 aromatic rings. The molecule has 0 aliphatic carbocycles. The second-order valence-corrected chi connectivity index (χ2v) is 5.42. The number of rotatable bonds is 4. The summed E-state index contributed by atoms with van der Waals surface area (Å²) in [5.74, 6) is -1.17. The minimum atomic E-state index is -0.630. The average Bonchev–Trinajstić information content (AvgIpc) is 3.01. The van der Waals surface area contributed by atoms with Crippen LogP contribution in [0.3, 0.4) is 0 Å². The van der Waals surface area contributed by atoms with Gasteiger partial charge in [0.05, 0.1) is 19.5 Å². The van der Waals surface area contributed by atoms with Crippen molar-refractivity contribution in [3.05, 3.63) is 58.5 Å². The van der Waals surface area contributed by atoms with Gasteiger partial charge < -0.3 is 4.74 Å². The van der Waals surface area contributed by atoms with Crippen LogP contribution in [0.15, 0.2) is 41.6 Å². The Hall–Kier alpha value is -3.29. The SMILES string of the molecule is COc1cn(-c2cccc(-c3cnn(C)c3)c2F)nc(C(C)=O)c1=O. The van der Waals surface area contributed by atoms with Crippen molar-refractivity contribution in [1.29, 1.82) is 0 Å². The maximum absolute atomic E-state index is 15.0. The Morgan fingerprint density at radius 1 is 1.28 bits per heavy atom. The van der Waals surface area contributed by atoms with E-state index in [1.165, 1.54) is 26.3 Å². The van der Waals surface area contributed by atoms with Gasteiger partial charge in [-0.1, -0.05) is 12.1 Å². The lowest BCUT2D eigenvalue weighted by molar-refractivity contribution is 0.100. The first kappa shape index (κ1) is 16.6. The fourth-order valence-electron chi connectivity index (χ4n) is 2.45. The lowest BCUT2D eigenvalue weighted by atomic mass is 10.1. The second kappa shape index (κ2) is 6.31. The van der Waals surface area contributed by atoms with Crippen LogP contribution in [0.5, 0.6) is 5.75 Å². The van der Waals surface area contributed by atoms with E-state index in [1.54, 1.807) is 36.3 Å². The van der Waals surface area contributed by atoms with Crippen molar-refractivity contribution >= 4 is 5.78 Å². The number of halogens is 1. The molecule has 8 heteroatoms. The standard InChI is InChI=1S/C17H15FN4O3/c1-10(23)16-17(24)14(25-3)9-22(20-16)13-6-4-5-12(15(13)18)11-7-19-21(2)8-11/h4-9H,1-3H3. The molecular formula is C17H15FN4O3. The number of ketones is 1. The summed E-state index contributed by atoms with van der Waals surface area (Å²) in [7, 11) is 3.03. The van der Waals surface area contributed by atoms with Gasteiger partial charge in [0, 0.05) is 31.3 Å². The van der Waals surface area contributed by atoms with Gasteiger partial charge in [-0.05, 0) is 6.07 Å². The largest absolute Gasteiger partial charge is 0.491 e. The van der Waals surface area contributed by atoms with Crippen molar-refractivity contribution in [3.63, 3.8) is 0 Å². The third-order valence-corrected chi connectivity index (χ3v) is 3.68. The first-order chi connectivity index (χ1) is 11.9. The molecule has 0 aliphatic rings. The van der Waals surface area contributed by atoms with E-state index < -0.39 is 17.0 Å². The van der Waals surface area contributed by atoms with Crippen LogP contribution in [-0.2, 0) is 7.05 Å². The number of benzene rings is 1. The molecule has 0 spiro atoms. The predicted molar refractivity (Wildman–Crippen MR) is 88.6 cm³/mol. The highest BCUT2D eigenvalue weighted by molar-refractivity contribution is 5.92. The smallest absolute Gasteiger partial charge is 0.252 e. The van der Waals surface area contributed by atoms with Gasteiger partial charge in [0.15, 0.2) is 23.0 Å². The van der Waals surface area contributed by atoms with E-state index in [1.807, 2.05) is 0 Å². The molecule has 2 heterocycles. The molecule has 2 aromatic heterocycles. The number of nitrogens with zero attached hydrogens (tertiary/aromatic N) is 4. The fourth-order valence-corrected chi connectivity index (χ4v) is 2.45. The second-order valence-electron chi connectivity index (χ2n) is 5.42. The van der Waals surface area contributed by atoms with Gasteiger partial charge in [-0.25, -0.2) is 9.07 Å². The first-order valence-corrected chi connectivity index (χ1v) is 7.39. The molecule has 0 N–H and O–H groups in total. The molecule has 0 saturated carbocycles. The normalized spacial score (nSPS) is 10.7. The van der Waals surface area contributed by atoms with Crippen LogP contribution >= 0.6 is 0 Å². The molecule has 128 valence electrons. The predicted octanol–water partition coefficient (Wildman–Crippen LogP) is 1.98. The van der Waals surface area contributed by atoms with Crippen molar-refractivity contribution in [1.82, 2.24) is 19.6 Å². The highest BCUT2D eigenvalue weighted by Crippen LogP contribution is 2.26. The number of aryl methyl sites for hydroxylation is 1. The molecule has 0 saturated heterocycles. The Morgan fingerprint density at radius 3 is 2.64 bits per heavy atom. The molecule has 0 atom stereocenters. The van der Waals surface area contributed by atoms with Crippen LogP contribution in [0.4, 0.5) is 4.39 Å². The Kier molecular flexibility index (Phi) is 4.18. The Morgan fingerprint density at radius 2 is 2.04 bits per heavy atom. The van der Waals surface area contributed by atoms with E-state index in [2.05, 4.69) is 10.2 Å². The highest BCUT2D eigenvalue weighted by Gasteiger charge is 2.18. The minimum absolute atomic E-state index is 0.0853. The van der Waals surface area contributed by atoms with Crippen LogP contribution in [0.1, 0.15) is 17.4 Å². The molecule has 7 nitrogen and oxygen atoms in total. The number of hydrogen-bond donors (Lipinski definition) is 0. The molecule has 0 unspecified atom stereocenters. The number of ether oxygens (including phenoxy) is 1. The number of aromatic nitrogens is 4. The van der Waals surface area contributed by atoms with E-state index in [0.29, 0.717) is 11.1 Å². The van der Waals surface area contributed by atoms with Gasteiger partial charge in [0.2, 0.25) is 0 Å². The Labute approximate surface area is 142 Å². The van der Waals surface area contributed by atoms with Gasteiger partial charge in [0.25, 0.3) is 5.43 Å². The molecule has 1 aromatic carbocycles. The molecule has 0 aliphatic heterocycles. The zero-order valence-corrected chi connectivity index (χ0v) is 13.9. The summed E-state index contributed by atoms with van der Waals surface area (Å²) in [6.45, 7) is 1.22. The molecule has 0 fully saturated rings. The molecule has 0 radical (unpaired) electrons. The van der Waals surface area contributed by atoms with Crippen LogP contribution in [0.2, 0.25) is 0 Å². The summed E-state index contributed by atoms with van der Waals surface area (Å²) < 4.78 is 22.7. The zero-order chi connectivity index (χ0) is 18.1. The topological polar surface area (TPSA) is 79.0 Å². The van der Waals surface area contributed by atoms with E-state index in [-0.39, 0.29) is 17.1 Å². The zero-order valence-electron chi connectivity index (χ0n) is 13.9. The number of carbonyl (C=O) groups excluding carboxylic acids is 1. The van der Waals surface area contributed by atoms with Crippen LogP contribution in [-0.4, -0.2) is 32.5 Å². The van der Waals surface area contributed by atoms with E-state index in [9.17, 15) is 9.59 Å². The minimum Gasteiger partial charge on any atom is -0.491 e. The summed E-state index contributed by atoms with van der Waals surface area (Å²) in [5.41, 5.74) is 0.0684. The highest BCUT2D eigenvalue weighted by atomic mass is 19.1. The molecular weight excluding hydrogens is 327 g/mol. The Balaban J connectivity index is 2.22. The molecule has 0 amide bonds. The first-order valence-electron chi connectivity index (χ1n) is 7.39. The summed E-state index contributed by atoms with van der Waals surface area (Å²) in [5, 5.41) is 8.00.